The summed E-state index contributed by atoms with van der Waals surface area (Å²) >= 11 is 5.43. The van der Waals surface area contributed by atoms with Gasteiger partial charge in [-0.3, -0.25) is 0 Å². The lowest BCUT2D eigenvalue weighted by atomic mass is 10.0. The highest BCUT2D eigenvalue weighted by molar-refractivity contribution is 9.10. The van der Waals surface area contributed by atoms with E-state index in [1.807, 2.05) is 18.4 Å². The van der Waals surface area contributed by atoms with Crippen molar-refractivity contribution in [2.45, 2.75) is 19.9 Å². The van der Waals surface area contributed by atoms with E-state index in [1.54, 1.807) is 0 Å². The molecule has 3 heteroatoms. The number of benzene rings is 1. The molecule has 1 atom stereocenters. The third-order valence-corrected chi connectivity index (χ3v) is 5.15. The van der Waals surface area contributed by atoms with Crippen molar-refractivity contribution in [2.75, 3.05) is 7.05 Å². The first-order chi connectivity index (χ1) is 8.13. The molecule has 90 valence electrons. The van der Waals surface area contributed by atoms with E-state index in [9.17, 15) is 0 Å². The molecule has 1 aromatic carbocycles. The Labute approximate surface area is 115 Å². The van der Waals surface area contributed by atoms with E-state index >= 15 is 0 Å². The van der Waals surface area contributed by atoms with E-state index in [0.29, 0.717) is 0 Å². The summed E-state index contributed by atoms with van der Waals surface area (Å²) in [4.78, 5) is 2.68. The second-order valence-electron chi connectivity index (χ2n) is 4.13. The average Bonchev–Trinajstić information content (AvgIpc) is 2.63. The van der Waals surface area contributed by atoms with Crippen LogP contribution in [0, 0.1) is 13.8 Å². The van der Waals surface area contributed by atoms with Crippen molar-refractivity contribution in [1.29, 1.82) is 0 Å². The van der Waals surface area contributed by atoms with Gasteiger partial charge in [0, 0.05) is 14.2 Å². The molecule has 0 bridgehead atoms. The summed E-state index contributed by atoms with van der Waals surface area (Å²) in [6.45, 7) is 4.30. The summed E-state index contributed by atoms with van der Waals surface area (Å²) in [6, 6.07) is 11.0. The van der Waals surface area contributed by atoms with Gasteiger partial charge in [0.15, 0.2) is 0 Å². The lowest BCUT2D eigenvalue weighted by Crippen LogP contribution is -2.17. The van der Waals surface area contributed by atoms with Gasteiger partial charge in [-0.05, 0) is 54.0 Å². The predicted octanol–water partition coefficient (Wildman–Crippen LogP) is 4.44. The van der Waals surface area contributed by atoms with Gasteiger partial charge >= 0.3 is 0 Å². The molecule has 17 heavy (non-hydrogen) atoms. The van der Waals surface area contributed by atoms with Crippen molar-refractivity contribution < 1.29 is 0 Å². The molecule has 0 aliphatic rings. The Morgan fingerprint density at radius 2 is 1.94 bits per heavy atom. The van der Waals surface area contributed by atoms with Crippen LogP contribution in [0.25, 0.3) is 0 Å². The molecule has 1 nitrogen and oxygen atoms in total. The Bertz CT molecular complexity index is 499. The van der Waals surface area contributed by atoms with Gasteiger partial charge in [0.1, 0.15) is 0 Å². The van der Waals surface area contributed by atoms with Crippen molar-refractivity contribution >= 4 is 27.3 Å². The van der Waals surface area contributed by atoms with Gasteiger partial charge in [0.2, 0.25) is 0 Å². The monoisotopic (exact) mass is 309 g/mol. The van der Waals surface area contributed by atoms with Gasteiger partial charge < -0.3 is 5.32 Å². The van der Waals surface area contributed by atoms with Crippen LogP contribution < -0.4 is 5.32 Å². The minimum Gasteiger partial charge on any atom is -0.309 e. The zero-order chi connectivity index (χ0) is 12.4. The molecule has 0 saturated heterocycles. The van der Waals surface area contributed by atoms with Crippen LogP contribution in [0.2, 0.25) is 0 Å². The SMILES string of the molecule is CNC(c1cc(Br)c(C)s1)c1ccccc1C. The predicted molar refractivity (Wildman–Crippen MR) is 78.8 cm³/mol. The third kappa shape index (κ3) is 2.62. The zero-order valence-electron chi connectivity index (χ0n) is 10.3. The van der Waals surface area contributed by atoms with Crippen molar-refractivity contribution in [3.8, 4) is 0 Å². The smallest absolute Gasteiger partial charge is 0.0671 e. The second-order valence-corrected chi connectivity index (χ2v) is 6.27. The summed E-state index contributed by atoms with van der Waals surface area (Å²) in [5.74, 6) is 0. The van der Waals surface area contributed by atoms with Gasteiger partial charge in [-0.2, -0.15) is 0 Å². The minimum absolute atomic E-state index is 0.284. The number of aryl methyl sites for hydroxylation is 2. The maximum atomic E-state index is 3.59. The van der Waals surface area contributed by atoms with Crippen LogP contribution in [-0.4, -0.2) is 7.05 Å². The van der Waals surface area contributed by atoms with Gasteiger partial charge in [-0.25, -0.2) is 0 Å². The topological polar surface area (TPSA) is 12.0 Å². The first-order valence-corrected chi connectivity index (χ1v) is 7.23. The zero-order valence-corrected chi connectivity index (χ0v) is 12.7. The standard InChI is InChI=1S/C14H16BrNS/c1-9-6-4-5-7-11(9)14(16-3)13-8-12(15)10(2)17-13/h4-8,14,16H,1-3H3. The van der Waals surface area contributed by atoms with Crippen molar-refractivity contribution in [2.24, 2.45) is 0 Å². The molecule has 0 saturated carbocycles. The Morgan fingerprint density at radius 3 is 2.47 bits per heavy atom. The molecule has 0 fully saturated rings. The van der Waals surface area contributed by atoms with E-state index < -0.39 is 0 Å². The average molecular weight is 310 g/mol. The number of hydrogen-bond donors (Lipinski definition) is 1. The van der Waals surface area contributed by atoms with Crippen LogP contribution in [0.4, 0.5) is 0 Å². The number of hydrogen-bond acceptors (Lipinski definition) is 2. The number of rotatable bonds is 3. The van der Waals surface area contributed by atoms with Crippen LogP contribution >= 0.6 is 27.3 Å². The summed E-state index contributed by atoms with van der Waals surface area (Å²) in [5.41, 5.74) is 2.68. The van der Waals surface area contributed by atoms with Gasteiger partial charge in [-0.1, -0.05) is 24.3 Å². The van der Waals surface area contributed by atoms with Crippen LogP contribution in [-0.2, 0) is 0 Å². The minimum atomic E-state index is 0.284. The largest absolute Gasteiger partial charge is 0.309 e. The Hall–Kier alpha value is -0.640. The maximum Gasteiger partial charge on any atom is 0.0671 e. The third-order valence-electron chi connectivity index (χ3n) is 2.95. The van der Waals surface area contributed by atoms with Crippen LogP contribution in [0.1, 0.15) is 26.9 Å². The van der Waals surface area contributed by atoms with Crippen molar-refractivity contribution in [3.05, 3.63) is 55.7 Å². The maximum absolute atomic E-state index is 3.59. The fraction of sp³-hybridized carbons (Fsp3) is 0.286. The lowest BCUT2D eigenvalue weighted by molar-refractivity contribution is 0.699. The van der Waals surface area contributed by atoms with E-state index in [1.165, 1.54) is 25.4 Å². The second kappa shape index (κ2) is 5.34. The van der Waals surface area contributed by atoms with Crippen molar-refractivity contribution in [1.82, 2.24) is 5.32 Å². The first-order valence-electron chi connectivity index (χ1n) is 5.62. The molecule has 1 N–H and O–H groups in total. The molecule has 2 rings (SSSR count). The molecule has 2 aromatic rings. The molecule has 1 heterocycles. The van der Waals surface area contributed by atoms with E-state index in [0.717, 1.165) is 0 Å². The van der Waals surface area contributed by atoms with Crippen LogP contribution in [0.5, 0.6) is 0 Å². The molecule has 1 aromatic heterocycles. The highest BCUT2D eigenvalue weighted by Gasteiger charge is 2.16. The normalized spacial score (nSPS) is 12.7. The van der Waals surface area contributed by atoms with Crippen LogP contribution in [0.3, 0.4) is 0 Å². The molecular weight excluding hydrogens is 294 g/mol. The molecule has 0 radical (unpaired) electrons. The number of halogens is 1. The van der Waals surface area contributed by atoms with E-state index in [2.05, 4.69) is 65.4 Å². The highest BCUT2D eigenvalue weighted by atomic mass is 79.9. The molecule has 0 amide bonds. The van der Waals surface area contributed by atoms with E-state index in [-0.39, 0.29) is 6.04 Å². The van der Waals surface area contributed by atoms with Gasteiger partial charge in [0.25, 0.3) is 0 Å². The summed E-state index contributed by atoms with van der Waals surface area (Å²) < 4.78 is 1.20. The Morgan fingerprint density at radius 1 is 1.24 bits per heavy atom. The Kier molecular flexibility index (Phi) is 4.02. The molecule has 0 spiro atoms. The van der Waals surface area contributed by atoms with Gasteiger partial charge in [0.05, 0.1) is 6.04 Å². The first kappa shape index (κ1) is 12.8. The molecule has 0 aliphatic heterocycles. The van der Waals surface area contributed by atoms with E-state index in [4.69, 9.17) is 0 Å². The lowest BCUT2D eigenvalue weighted by Gasteiger charge is -2.17. The highest BCUT2D eigenvalue weighted by Crippen LogP contribution is 2.34. The Balaban J connectivity index is 2.44. The summed E-state index contributed by atoms with van der Waals surface area (Å²) in [5, 5.41) is 3.41. The van der Waals surface area contributed by atoms with Gasteiger partial charge in [-0.15, -0.1) is 11.3 Å². The van der Waals surface area contributed by atoms with Crippen LogP contribution in [0.15, 0.2) is 34.8 Å². The summed E-state index contributed by atoms with van der Waals surface area (Å²) in [6.07, 6.45) is 0. The van der Waals surface area contributed by atoms with Crippen molar-refractivity contribution in [3.63, 3.8) is 0 Å². The quantitative estimate of drug-likeness (QED) is 0.884. The molecule has 0 aliphatic carbocycles. The summed E-state index contributed by atoms with van der Waals surface area (Å²) in [7, 11) is 2.01. The number of nitrogens with one attached hydrogen (secondary N) is 1. The molecule has 1 unspecified atom stereocenters. The number of thiophene rings is 1. The fourth-order valence-corrected chi connectivity index (χ4v) is 3.68. The molecular formula is C14H16BrNS. The fourth-order valence-electron chi connectivity index (χ4n) is 1.99.